The maximum absolute atomic E-state index is 12.3. The van der Waals surface area contributed by atoms with Crippen LogP contribution in [0.5, 0.6) is 0 Å². The first-order valence-electron chi connectivity index (χ1n) is 2.92. The van der Waals surface area contributed by atoms with Crippen molar-refractivity contribution < 1.29 is 8.81 Å². The van der Waals surface area contributed by atoms with E-state index < -0.39 is 5.95 Å². The fraction of sp³-hybridized carbons (Fsp3) is 0.500. The summed E-state index contributed by atoms with van der Waals surface area (Å²) in [7, 11) is 0. The molecule has 1 heterocycles. The van der Waals surface area contributed by atoms with Crippen molar-refractivity contribution in [1.29, 1.82) is 0 Å². The van der Waals surface area contributed by atoms with E-state index in [2.05, 4.69) is 4.98 Å². The van der Waals surface area contributed by atoms with Crippen LogP contribution in [0, 0.1) is 5.95 Å². The maximum Gasteiger partial charge on any atom is 0.254 e. The van der Waals surface area contributed by atoms with Gasteiger partial charge in [0.25, 0.3) is 5.95 Å². The van der Waals surface area contributed by atoms with E-state index in [1.807, 2.05) is 6.92 Å². The Morgan fingerprint density at radius 3 is 3.00 bits per heavy atom. The lowest BCUT2D eigenvalue weighted by molar-refractivity contribution is 0.470. The van der Waals surface area contributed by atoms with Gasteiger partial charge in [-0.3, -0.25) is 0 Å². The van der Waals surface area contributed by atoms with E-state index in [0.717, 1.165) is 12.8 Å². The second kappa shape index (κ2) is 2.62. The van der Waals surface area contributed by atoms with Crippen molar-refractivity contribution in [3.8, 4) is 0 Å². The van der Waals surface area contributed by atoms with Gasteiger partial charge in [0.15, 0.2) is 12.2 Å². The van der Waals surface area contributed by atoms with Gasteiger partial charge in [0.2, 0.25) is 0 Å². The number of hydrogen-bond acceptors (Lipinski definition) is 2. The molecule has 0 aliphatic heterocycles. The molecule has 0 spiro atoms. The van der Waals surface area contributed by atoms with E-state index in [1.165, 1.54) is 0 Å². The summed E-state index contributed by atoms with van der Waals surface area (Å²) in [5, 5.41) is 0. The van der Waals surface area contributed by atoms with Crippen LogP contribution >= 0.6 is 0 Å². The van der Waals surface area contributed by atoms with Gasteiger partial charge in [0.1, 0.15) is 0 Å². The van der Waals surface area contributed by atoms with E-state index in [4.69, 9.17) is 4.42 Å². The molecule has 0 saturated heterocycles. The monoisotopic (exact) mass is 129 g/mol. The largest absolute Gasteiger partial charge is 0.445 e. The van der Waals surface area contributed by atoms with E-state index in [-0.39, 0.29) is 0 Å². The lowest BCUT2D eigenvalue weighted by atomic mass is 10.3. The zero-order chi connectivity index (χ0) is 6.69. The SMILES string of the molecule is CCCc1ocnc1F. The highest BCUT2D eigenvalue weighted by Gasteiger charge is 2.03. The Bertz CT molecular complexity index is 185. The average molecular weight is 129 g/mol. The Morgan fingerprint density at radius 1 is 1.78 bits per heavy atom. The van der Waals surface area contributed by atoms with Crippen LogP contribution in [0.25, 0.3) is 0 Å². The first-order chi connectivity index (χ1) is 4.34. The molecule has 3 heteroatoms. The summed E-state index contributed by atoms with van der Waals surface area (Å²) in [6.45, 7) is 1.96. The fourth-order valence-corrected chi connectivity index (χ4v) is 0.646. The Kier molecular flexibility index (Phi) is 1.82. The minimum Gasteiger partial charge on any atom is -0.445 e. The molecule has 0 N–H and O–H groups in total. The second-order valence-electron chi connectivity index (χ2n) is 1.82. The first kappa shape index (κ1) is 6.26. The molecule has 0 radical (unpaired) electrons. The number of oxazole rings is 1. The summed E-state index contributed by atoms with van der Waals surface area (Å²) in [4.78, 5) is 3.30. The number of rotatable bonds is 2. The molecule has 2 nitrogen and oxygen atoms in total. The Morgan fingerprint density at radius 2 is 2.56 bits per heavy atom. The molecule has 9 heavy (non-hydrogen) atoms. The molecular formula is C6H8FNO. The van der Waals surface area contributed by atoms with E-state index >= 15 is 0 Å². The summed E-state index contributed by atoms with van der Waals surface area (Å²) in [5.74, 6) is -0.116. The van der Waals surface area contributed by atoms with Gasteiger partial charge in [0.05, 0.1) is 0 Å². The van der Waals surface area contributed by atoms with Crippen molar-refractivity contribution in [1.82, 2.24) is 4.98 Å². The molecular weight excluding hydrogens is 121 g/mol. The van der Waals surface area contributed by atoms with E-state index in [0.29, 0.717) is 12.2 Å². The molecule has 1 aromatic rings. The molecule has 0 amide bonds. The van der Waals surface area contributed by atoms with Gasteiger partial charge < -0.3 is 4.42 Å². The molecule has 0 bridgehead atoms. The van der Waals surface area contributed by atoms with Crippen LogP contribution < -0.4 is 0 Å². The first-order valence-corrected chi connectivity index (χ1v) is 2.92. The third-order valence-corrected chi connectivity index (χ3v) is 1.07. The number of aryl methyl sites for hydroxylation is 1. The van der Waals surface area contributed by atoms with Gasteiger partial charge in [-0.1, -0.05) is 6.92 Å². The number of aromatic nitrogens is 1. The van der Waals surface area contributed by atoms with Crippen LogP contribution in [0.2, 0.25) is 0 Å². The van der Waals surface area contributed by atoms with Crippen molar-refractivity contribution in [3.63, 3.8) is 0 Å². The highest BCUT2D eigenvalue weighted by Crippen LogP contribution is 2.05. The molecule has 0 aliphatic carbocycles. The molecule has 0 atom stereocenters. The third-order valence-electron chi connectivity index (χ3n) is 1.07. The maximum atomic E-state index is 12.3. The second-order valence-corrected chi connectivity index (χ2v) is 1.82. The zero-order valence-corrected chi connectivity index (χ0v) is 5.22. The van der Waals surface area contributed by atoms with Gasteiger partial charge in [-0.15, -0.1) is 0 Å². The highest BCUT2D eigenvalue weighted by atomic mass is 19.1. The number of hydrogen-bond donors (Lipinski definition) is 0. The van der Waals surface area contributed by atoms with Gasteiger partial charge in [0, 0.05) is 6.42 Å². The van der Waals surface area contributed by atoms with Crippen LogP contribution in [-0.4, -0.2) is 4.98 Å². The molecule has 0 fully saturated rings. The van der Waals surface area contributed by atoms with E-state index in [9.17, 15) is 4.39 Å². The van der Waals surface area contributed by atoms with Gasteiger partial charge in [-0.05, 0) is 6.42 Å². The fourth-order valence-electron chi connectivity index (χ4n) is 0.646. The summed E-state index contributed by atoms with van der Waals surface area (Å²) < 4.78 is 17.1. The number of halogens is 1. The topological polar surface area (TPSA) is 26.0 Å². The summed E-state index contributed by atoms with van der Waals surface area (Å²) >= 11 is 0. The molecule has 50 valence electrons. The highest BCUT2D eigenvalue weighted by molar-refractivity contribution is 4.91. The van der Waals surface area contributed by atoms with Crippen molar-refractivity contribution in [2.45, 2.75) is 19.8 Å². The quantitative estimate of drug-likeness (QED) is 0.608. The summed E-state index contributed by atoms with van der Waals surface area (Å²) in [6, 6.07) is 0. The van der Waals surface area contributed by atoms with Crippen molar-refractivity contribution >= 4 is 0 Å². The van der Waals surface area contributed by atoms with Crippen LogP contribution in [0.3, 0.4) is 0 Å². The van der Waals surface area contributed by atoms with Crippen molar-refractivity contribution in [2.75, 3.05) is 0 Å². The molecule has 0 saturated carbocycles. The van der Waals surface area contributed by atoms with Gasteiger partial charge in [-0.25, -0.2) is 0 Å². The lowest BCUT2D eigenvalue weighted by Crippen LogP contribution is -1.83. The molecule has 1 aromatic heterocycles. The summed E-state index contributed by atoms with van der Waals surface area (Å²) in [5.41, 5.74) is 0. The Labute approximate surface area is 52.7 Å². The van der Waals surface area contributed by atoms with Crippen LogP contribution in [0.4, 0.5) is 4.39 Å². The normalized spacial score (nSPS) is 10.0. The minimum absolute atomic E-state index is 0.359. The van der Waals surface area contributed by atoms with Gasteiger partial charge >= 0.3 is 0 Å². The predicted octanol–water partition coefficient (Wildman–Crippen LogP) is 1.77. The van der Waals surface area contributed by atoms with Gasteiger partial charge in [-0.2, -0.15) is 9.37 Å². The molecule has 0 aromatic carbocycles. The molecule has 0 unspecified atom stereocenters. The molecule has 1 rings (SSSR count). The lowest BCUT2D eigenvalue weighted by Gasteiger charge is -1.86. The summed E-state index contributed by atoms with van der Waals surface area (Å²) in [6.07, 6.45) is 2.64. The Hall–Kier alpha value is -0.860. The number of nitrogens with zero attached hydrogens (tertiary/aromatic N) is 1. The molecule has 0 aliphatic rings. The predicted molar refractivity (Wildman–Crippen MR) is 30.5 cm³/mol. The van der Waals surface area contributed by atoms with Crippen molar-refractivity contribution in [2.24, 2.45) is 0 Å². The standard InChI is InChI=1S/C6H8FNO/c1-2-3-5-6(7)8-4-9-5/h4H,2-3H2,1H3. The smallest absolute Gasteiger partial charge is 0.254 e. The minimum atomic E-state index is -0.475. The van der Waals surface area contributed by atoms with Crippen LogP contribution in [0.15, 0.2) is 10.8 Å². The Balaban J connectivity index is 2.69. The third kappa shape index (κ3) is 1.28. The van der Waals surface area contributed by atoms with Crippen LogP contribution in [-0.2, 0) is 6.42 Å². The zero-order valence-electron chi connectivity index (χ0n) is 5.22. The van der Waals surface area contributed by atoms with Crippen molar-refractivity contribution in [3.05, 3.63) is 18.1 Å². The van der Waals surface area contributed by atoms with E-state index in [1.54, 1.807) is 0 Å². The average Bonchev–Trinajstić information content (AvgIpc) is 2.18. The van der Waals surface area contributed by atoms with Crippen LogP contribution in [0.1, 0.15) is 19.1 Å².